The quantitative estimate of drug-likeness (QED) is 0.368. The van der Waals surface area contributed by atoms with Crippen molar-refractivity contribution in [2.75, 3.05) is 38.6 Å². The van der Waals surface area contributed by atoms with Crippen molar-refractivity contribution in [2.45, 2.75) is 57.7 Å². The molecule has 0 bridgehead atoms. The molecule has 0 spiro atoms. The summed E-state index contributed by atoms with van der Waals surface area (Å²) in [5, 5.41) is 7.05. The molecule has 1 saturated carbocycles. The third-order valence-electron chi connectivity index (χ3n) is 5.44. The summed E-state index contributed by atoms with van der Waals surface area (Å²) in [4.78, 5) is 14.0. The Kier molecular flexibility index (Phi) is 9.08. The largest absolute Gasteiger partial charge is 0.362 e. The smallest absolute Gasteiger partial charge is 0.191 e. The van der Waals surface area contributed by atoms with Gasteiger partial charge in [-0.2, -0.15) is 0 Å². The van der Waals surface area contributed by atoms with E-state index in [2.05, 4.69) is 33.5 Å². The molecule has 1 saturated heterocycles. The van der Waals surface area contributed by atoms with Crippen LogP contribution in [0.5, 0.6) is 0 Å². The van der Waals surface area contributed by atoms with Crippen LogP contribution in [0.4, 0.5) is 5.82 Å². The lowest BCUT2D eigenvalue weighted by molar-refractivity contribution is 0.242. The Balaban J connectivity index is 0.00000261. The molecule has 0 amide bonds. The summed E-state index contributed by atoms with van der Waals surface area (Å²) in [6.07, 6.45) is 8.62. The van der Waals surface area contributed by atoms with Gasteiger partial charge in [-0.15, -0.1) is 24.0 Å². The van der Waals surface area contributed by atoms with Gasteiger partial charge in [-0.25, -0.2) is 9.98 Å². The molecule has 3 rings (SSSR count). The summed E-state index contributed by atoms with van der Waals surface area (Å²) in [6, 6.07) is 5.40. The van der Waals surface area contributed by atoms with Crippen LogP contribution < -0.4 is 15.5 Å². The van der Waals surface area contributed by atoms with E-state index in [1.165, 1.54) is 38.6 Å². The first-order valence-electron chi connectivity index (χ1n) is 10.1. The van der Waals surface area contributed by atoms with Crippen molar-refractivity contribution in [2.24, 2.45) is 4.99 Å². The Hall–Kier alpha value is -1.09. The van der Waals surface area contributed by atoms with Crippen molar-refractivity contribution in [3.05, 3.63) is 23.9 Å². The van der Waals surface area contributed by atoms with Crippen LogP contribution in [0.15, 0.2) is 23.3 Å². The van der Waals surface area contributed by atoms with E-state index in [1.54, 1.807) is 0 Å². The molecule has 6 nitrogen and oxygen atoms in total. The molecule has 2 heterocycles. The van der Waals surface area contributed by atoms with Crippen LogP contribution in [0.2, 0.25) is 0 Å². The Morgan fingerprint density at radius 3 is 2.78 bits per heavy atom. The zero-order valence-electron chi connectivity index (χ0n) is 16.9. The molecule has 2 fully saturated rings. The first-order chi connectivity index (χ1) is 12.7. The number of likely N-dealkylation sites (tertiary alicyclic amines) is 1. The van der Waals surface area contributed by atoms with E-state index < -0.39 is 0 Å². The van der Waals surface area contributed by atoms with Crippen LogP contribution in [0.25, 0.3) is 0 Å². The number of guanidine groups is 1. The van der Waals surface area contributed by atoms with E-state index in [0.29, 0.717) is 12.6 Å². The standard InChI is InChI=1S/C20H34N6.HI/c1-4-21-20(23-14-16-8-7-12-22-19(16)25(2)3)24-17-11-13-26(15-17)18-9-5-6-10-18;/h7-8,12,17-18H,4-6,9-11,13-15H2,1-3H3,(H2,21,23,24);1H. The van der Waals surface area contributed by atoms with Crippen molar-refractivity contribution in [1.29, 1.82) is 0 Å². The van der Waals surface area contributed by atoms with Gasteiger partial charge in [0, 0.05) is 57.6 Å². The predicted molar refractivity (Wildman–Crippen MR) is 124 cm³/mol. The summed E-state index contributed by atoms with van der Waals surface area (Å²) in [6.45, 7) is 5.99. The highest BCUT2D eigenvalue weighted by Crippen LogP contribution is 2.26. The fourth-order valence-electron chi connectivity index (χ4n) is 4.14. The highest BCUT2D eigenvalue weighted by molar-refractivity contribution is 14.0. The van der Waals surface area contributed by atoms with Gasteiger partial charge >= 0.3 is 0 Å². The van der Waals surface area contributed by atoms with E-state index in [0.717, 1.165) is 36.5 Å². The molecular formula is C20H35IN6. The van der Waals surface area contributed by atoms with Gasteiger partial charge in [-0.1, -0.05) is 18.9 Å². The molecule has 1 aliphatic carbocycles. The maximum Gasteiger partial charge on any atom is 0.191 e. The summed E-state index contributed by atoms with van der Waals surface area (Å²) < 4.78 is 0. The summed E-state index contributed by atoms with van der Waals surface area (Å²) in [5.41, 5.74) is 1.15. The SMILES string of the molecule is CCNC(=NCc1cccnc1N(C)C)NC1CCN(C2CCCC2)C1.I. The molecule has 7 heteroatoms. The van der Waals surface area contributed by atoms with Crippen LogP contribution in [0.1, 0.15) is 44.6 Å². The highest BCUT2D eigenvalue weighted by Gasteiger charge is 2.30. The van der Waals surface area contributed by atoms with Gasteiger partial charge in [0.25, 0.3) is 0 Å². The van der Waals surface area contributed by atoms with E-state index in [-0.39, 0.29) is 24.0 Å². The Labute approximate surface area is 181 Å². The fraction of sp³-hybridized carbons (Fsp3) is 0.700. The third kappa shape index (κ3) is 6.20. The van der Waals surface area contributed by atoms with Gasteiger partial charge < -0.3 is 15.5 Å². The molecule has 152 valence electrons. The van der Waals surface area contributed by atoms with E-state index in [4.69, 9.17) is 4.99 Å². The molecular weight excluding hydrogens is 451 g/mol. The van der Waals surface area contributed by atoms with Crippen LogP contribution in [-0.2, 0) is 6.54 Å². The van der Waals surface area contributed by atoms with E-state index in [1.807, 2.05) is 31.3 Å². The average molecular weight is 486 g/mol. The molecule has 2 N–H and O–H groups in total. The van der Waals surface area contributed by atoms with Crippen molar-refractivity contribution < 1.29 is 0 Å². The lowest BCUT2D eigenvalue weighted by Crippen LogP contribution is -2.45. The number of hydrogen-bond acceptors (Lipinski definition) is 4. The number of anilines is 1. The molecule has 1 aromatic rings. The van der Waals surface area contributed by atoms with Crippen molar-refractivity contribution in [3.63, 3.8) is 0 Å². The second-order valence-corrected chi connectivity index (χ2v) is 7.64. The molecule has 0 aromatic carbocycles. The lowest BCUT2D eigenvalue weighted by Gasteiger charge is -2.24. The highest BCUT2D eigenvalue weighted by atomic mass is 127. The number of aliphatic imine (C=N–C) groups is 1. The van der Waals surface area contributed by atoms with Crippen LogP contribution in [0.3, 0.4) is 0 Å². The van der Waals surface area contributed by atoms with E-state index >= 15 is 0 Å². The van der Waals surface area contributed by atoms with Gasteiger partial charge in [0.2, 0.25) is 0 Å². The maximum absolute atomic E-state index is 4.82. The van der Waals surface area contributed by atoms with Crippen LogP contribution in [0, 0.1) is 0 Å². The number of pyridine rings is 1. The van der Waals surface area contributed by atoms with Crippen LogP contribution >= 0.6 is 24.0 Å². The monoisotopic (exact) mass is 486 g/mol. The van der Waals surface area contributed by atoms with E-state index in [9.17, 15) is 0 Å². The Morgan fingerprint density at radius 2 is 2.07 bits per heavy atom. The second kappa shape index (κ2) is 11.0. The first-order valence-corrected chi connectivity index (χ1v) is 10.1. The predicted octanol–water partition coefficient (Wildman–Crippen LogP) is 2.84. The first kappa shape index (κ1) is 22.2. The number of aromatic nitrogens is 1. The summed E-state index contributed by atoms with van der Waals surface area (Å²) in [7, 11) is 4.05. The number of nitrogens with one attached hydrogen (secondary N) is 2. The number of hydrogen-bond donors (Lipinski definition) is 2. The summed E-state index contributed by atoms with van der Waals surface area (Å²) >= 11 is 0. The molecule has 27 heavy (non-hydrogen) atoms. The molecule has 1 unspecified atom stereocenters. The zero-order chi connectivity index (χ0) is 18.4. The van der Waals surface area contributed by atoms with Crippen molar-refractivity contribution in [1.82, 2.24) is 20.5 Å². The minimum atomic E-state index is 0. The normalized spacial score (nSPS) is 21.1. The molecule has 1 atom stereocenters. The minimum absolute atomic E-state index is 0. The zero-order valence-corrected chi connectivity index (χ0v) is 19.3. The molecule has 2 aliphatic rings. The minimum Gasteiger partial charge on any atom is -0.362 e. The molecule has 1 aromatic heterocycles. The van der Waals surface area contributed by atoms with Crippen LogP contribution in [-0.4, -0.2) is 61.7 Å². The Bertz CT molecular complexity index is 600. The van der Waals surface area contributed by atoms with Gasteiger partial charge in [0.05, 0.1) is 6.54 Å². The molecule has 1 aliphatic heterocycles. The number of nitrogens with zero attached hydrogens (tertiary/aromatic N) is 4. The number of halogens is 1. The van der Waals surface area contributed by atoms with Crippen molar-refractivity contribution in [3.8, 4) is 0 Å². The second-order valence-electron chi connectivity index (χ2n) is 7.64. The van der Waals surface area contributed by atoms with Gasteiger partial charge in [-0.3, -0.25) is 4.90 Å². The van der Waals surface area contributed by atoms with Crippen molar-refractivity contribution >= 4 is 35.8 Å². The topological polar surface area (TPSA) is 55.8 Å². The molecule has 0 radical (unpaired) electrons. The number of rotatable bonds is 6. The maximum atomic E-state index is 4.82. The van der Waals surface area contributed by atoms with Gasteiger partial charge in [0.15, 0.2) is 5.96 Å². The summed E-state index contributed by atoms with van der Waals surface area (Å²) in [5.74, 6) is 1.90. The third-order valence-corrected chi connectivity index (χ3v) is 5.44. The fourth-order valence-corrected chi connectivity index (χ4v) is 4.14. The average Bonchev–Trinajstić information content (AvgIpc) is 3.31. The Morgan fingerprint density at radius 1 is 1.30 bits per heavy atom. The lowest BCUT2D eigenvalue weighted by atomic mass is 10.2. The van der Waals surface area contributed by atoms with Gasteiger partial charge in [0.1, 0.15) is 5.82 Å². The van der Waals surface area contributed by atoms with Gasteiger partial charge in [-0.05, 0) is 32.3 Å².